The molecule has 33 heavy (non-hydrogen) atoms. The van der Waals surface area contributed by atoms with Crippen molar-refractivity contribution in [2.45, 2.75) is 65.3 Å². The van der Waals surface area contributed by atoms with Crippen LogP contribution < -0.4 is 0 Å². The van der Waals surface area contributed by atoms with E-state index in [-0.39, 0.29) is 42.9 Å². The molecule has 1 aliphatic heterocycles. The van der Waals surface area contributed by atoms with E-state index in [0.29, 0.717) is 6.42 Å². The summed E-state index contributed by atoms with van der Waals surface area (Å²) >= 11 is 0. The topological polar surface area (TPSA) is 76.1 Å². The molecule has 178 valence electrons. The predicted octanol–water partition coefficient (Wildman–Crippen LogP) is 4.86. The Hall–Kier alpha value is -2.86. The molecule has 1 unspecified atom stereocenters. The van der Waals surface area contributed by atoms with Gasteiger partial charge in [0.05, 0.1) is 31.1 Å². The lowest BCUT2D eigenvalue weighted by molar-refractivity contribution is -0.163. The van der Waals surface area contributed by atoms with E-state index in [0.717, 1.165) is 11.1 Å². The molecule has 6 nitrogen and oxygen atoms in total. The van der Waals surface area contributed by atoms with E-state index in [2.05, 4.69) is 0 Å². The molecular weight excluding hydrogens is 418 g/mol. The first-order valence-electron chi connectivity index (χ1n) is 11.6. The molecule has 0 aliphatic carbocycles. The zero-order chi connectivity index (χ0) is 24.2. The zero-order valence-electron chi connectivity index (χ0n) is 20.2. The maximum absolute atomic E-state index is 13.7. The highest BCUT2D eigenvalue weighted by Gasteiger charge is 2.53. The van der Waals surface area contributed by atoms with Crippen LogP contribution in [0, 0.1) is 11.8 Å². The number of aromatic hydroxyl groups is 1. The molecule has 4 atom stereocenters. The summed E-state index contributed by atoms with van der Waals surface area (Å²) in [6, 6.07) is 16.2. The summed E-state index contributed by atoms with van der Waals surface area (Å²) in [5.74, 6) is -1.54. The van der Waals surface area contributed by atoms with Crippen LogP contribution in [0.4, 0.5) is 0 Å². The number of phenolic OH excluding ortho intramolecular Hbond substituents is 1. The Morgan fingerprint density at radius 2 is 1.82 bits per heavy atom. The quantitative estimate of drug-likeness (QED) is 0.578. The fourth-order valence-electron chi connectivity index (χ4n) is 4.59. The van der Waals surface area contributed by atoms with Gasteiger partial charge in [0.2, 0.25) is 5.91 Å². The van der Waals surface area contributed by atoms with Crippen molar-refractivity contribution in [2.24, 2.45) is 11.8 Å². The lowest BCUT2D eigenvalue weighted by Gasteiger charge is -2.33. The van der Waals surface area contributed by atoms with Crippen LogP contribution in [0.15, 0.2) is 54.6 Å². The Labute approximate surface area is 196 Å². The minimum atomic E-state index is -0.649. The van der Waals surface area contributed by atoms with Crippen LogP contribution in [0.3, 0.4) is 0 Å². The maximum atomic E-state index is 13.7. The van der Waals surface area contributed by atoms with Gasteiger partial charge in [-0.05, 0) is 57.4 Å². The number of amides is 1. The molecule has 1 heterocycles. The van der Waals surface area contributed by atoms with E-state index in [1.165, 1.54) is 0 Å². The standard InChI is InChI=1S/C27H35NO5/c1-6-23-24(26(31)33-27(3,4)5)22(17-32-16-19-11-10-14-21(29)15-19)25(30)28(23)18(2)20-12-8-7-9-13-20/h7-15,18,22-24,29H,6,16-17H2,1-5H3/t18-,22+,23?,24+/m1/s1. The molecule has 1 N–H and O–H groups in total. The van der Waals surface area contributed by atoms with Crippen molar-refractivity contribution in [3.05, 3.63) is 65.7 Å². The number of phenols is 1. The highest BCUT2D eigenvalue weighted by atomic mass is 16.6. The third-order valence-corrected chi connectivity index (χ3v) is 6.05. The van der Waals surface area contributed by atoms with Crippen molar-refractivity contribution in [3.63, 3.8) is 0 Å². The SMILES string of the molecule is CCC1[C@@H](C(=O)OC(C)(C)C)[C@H](COCc2cccc(O)c2)C(=O)N1[C@H](C)c1ccccc1. The lowest BCUT2D eigenvalue weighted by Crippen LogP contribution is -2.40. The second kappa shape index (κ2) is 10.4. The largest absolute Gasteiger partial charge is 0.508 e. The first kappa shape index (κ1) is 24.8. The van der Waals surface area contributed by atoms with Crippen molar-refractivity contribution >= 4 is 11.9 Å². The summed E-state index contributed by atoms with van der Waals surface area (Å²) in [6.07, 6.45) is 0.635. The molecule has 1 saturated heterocycles. The van der Waals surface area contributed by atoms with Crippen molar-refractivity contribution in [2.75, 3.05) is 6.61 Å². The average molecular weight is 454 g/mol. The summed E-state index contributed by atoms with van der Waals surface area (Å²) in [5, 5.41) is 9.68. The number of carbonyl (C=O) groups excluding carboxylic acids is 2. The van der Waals surface area contributed by atoms with Crippen LogP contribution in [0.1, 0.15) is 58.2 Å². The molecular formula is C27H35NO5. The van der Waals surface area contributed by atoms with Crippen molar-refractivity contribution < 1.29 is 24.2 Å². The Morgan fingerprint density at radius 3 is 2.42 bits per heavy atom. The summed E-state index contributed by atoms with van der Waals surface area (Å²) in [5.41, 5.74) is 1.17. The van der Waals surface area contributed by atoms with E-state index >= 15 is 0 Å². The fraction of sp³-hybridized carbons (Fsp3) is 0.481. The van der Waals surface area contributed by atoms with E-state index in [4.69, 9.17) is 9.47 Å². The molecule has 6 heteroatoms. The molecule has 2 aromatic rings. The van der Waals surface area contributed by atoms with E-state index in [9.17, 15) is 14.7 Å². The van der Waals surface area contributed by atoms with Crippen LogP contribution in [-0.4, -0.2) is 40.1 Å². The first-order chi connectivity index (χ1) is 15.6. The van der Waals surface area contributed by atoms with E-state index in [1.807, 2.05) is 75.9 Å². The Bertz CT molecular complexity index is 952. The molecule has 0 saturated carbocycles. The Kier molecular flexibility index (Phi) is 7.80. The number of ether oxygens (including phenoxy) is 2. The van der Waals surface area contributed by atoms with Crippen molar-refractivity contribution in [1.82, 2.24) is 4.90 Å². The molecule has 0 aromatic heterocycles. The summed E-state index contributed by atoms with van der Waals surface area (Å²) in [7, 11) is 0. The van der Waals surface area contributed by atoms with Crippen LogP contribution >= 0.6 is 0 Å². The first-order valence-corrected chi connectivity index (χ1v) is 11.6. The van der Waals surface area contributed by atoms with Gasteiger partial charge in [0.25, 0.3) is 0 Å². The van der Waals surface area contributed by atoms with Crippen molar-refractivity contribution in [1.29, 1.82) is 0 Å². The minimum absolute atomic E-state index is 0.0926. The molecule has 0 bridgehead atoms. The fourth-order valence-corrected chi connectivity index (χ4v) is 4.59. The number of likely N-dealkylation sites (tertiary alicyclic amines) is 1. The van der Waals surface area contributed by atoms with Gasteiger partial charge >= 0.3 is 5.97 Å². The molecule has 1 aliphatic rings. The molecule has 0 spiro atoms. The van der Waals surface area contributed by atoms with E-state index < -0.39 is 17.4 Å². The summed E-state index contributed by atoms with van der Waals surface area (Å²) in [4.78, 5) is 28.8. The highest BCUT2D eigenvalue weighted by molar-refractivity contribution is 5.90. The molecule has 3 rings (SSSR count). The zero-order valence-corrected chi connectivity index (χ0v) is 20.2. The maximum Gasteiger partial charge on any atom is 0.312 e. The van der Waals surface area contributed by atoms with Crippen molar-refractivity contribution in [3.8, 4) is 5.75 Å². The third kappa shape index (κ3) is 5.93. The molecule has 1 fully saturated rings. The Morgan fingerprint density at radius 1 is 1.12 bits per heavy atom. The minimum Gasteiger partial charge on any atom is -0.508 e. The van der Waals surface area contributed by atoms with Gasteiger partial charge in [-0.25, -0.2) is 0 Å². The average Bonchev–Trinajstić information content (AvgIpc) is 3.04. The van der Waals surface area contributed by atoms with Gasteiger partial charge in [0.1, 0.15) is 11.4 Å². The number of hydrogen-bond acceptors (Lipinski definition) is 5. The lowest BCUT2D eigenvalue weighted by atomic mass is 9.89. The van der Waals surface area contributed by atoms with Gasteiger partial charge in [-0.3, -0.25) is 9.59 Å². The van der Waals surface area contributed by atoms with Crippen LogP contribution in [0.25, 0.3) is 0 Å². The molecule has 0 radical (unpaired) electrons. The van der Waals surface area contributed by atoms with Gasteiger partial charge in [-0.2, -0.15) is 0 Å². The van der Waals surface area contributed by atoms with Gasteiger partial charge in [-0.1, -0.05) is 49.4 Å². The number of nitrogens with zero attached hydrogens (tertiary/aromatic N) is 1. The number of rotatable bonds is 8. The third-order valence-electron chi connectivity index (χ3n) is 6.05. The van der Waals surface area contributed by atoms with Crippen LogP contribution in [0.5, 0.6) is 5.75 Å². The number of esters is 1. The number of hydrogen-bond donors (Lipinski definition) is 1. The molecule has 1 amide bonds. The monoisotopic (exact) mass is 453 g/mol. The highest BCUT2D eigenvalue weighted by Crippen LogP contribution is 2.40. The summed E-state index contributed by atoms with van der Waals surface area (Å²) < 4.78 is 11.6. The van der Waals surface area contributed by atoms with E-state index in [1.54, 1.807) is 18.2 Å². The number of benzene rings is 2. The van der Waals surface area contributed by atoms with Gasteiger partial charge in [-0.15, -0.1) is 0 Å². The van der Waals surface area contributed by atoms with Crippen LogP contribution in [0.2, 0.25) is 0 Å². The second-order valence-corrected chi connectivity index (χ2v) is 9.66. The predicted molar refractivity (Wildman–Crippen MR) is 126 cm³/mol. The second-order valence-electron chi connectivity index (χ2n) is 9.66. The molecule has 2 aromatic carbocycles. The summed E-state index contributed by atoms with van der Waals surface area (Å²) in [6.45, 7) is 9.84. The Balaban J connectivity index is 1.86. The number of carbonyl (C=O) groups is 2. The van der Waals surface area contributed by atoms with Gasteiger partial charge in [0.15, 0.2) is 0 Å². The smallest absolute Gasteiger partial charge is 0.312 e. The van der Waals surface area contributed by atoms with Gasteiger partial charge in [0, 0.05) is 6.04 Å². The van der Waals surface area contributed by atoms with Crippen LogP contribution in [-0.2, 0) is 25.7 Å². The van der Waals surface area contributed by atoms with Gasteiger partial charge < -0.3 is 19.5 Å². The normalized spacial score (nSPS) is 21.8.